The molecular formula is C17H27NS. The van der Waals surface area contributed by atoms with Gasteiger partial charge in [-0.2, -0.15) is 0 Å². The zero-order valence-electron chi connectivity index (χ0n) is 12.3. The molecule has 0 amide bonds. The molecule has 0 radical (unpaired) electrons. The third-order valence-corrected chi connectivity index (χ3v) is 5.28. The second-order valence-corrected chi connectivity index (χ2v) is 6.98. The average molecular weight is 277 g/mol. The molecule has 1 aliphatic rings. The second kappa shape index (κ2) is 7.96. The van der Waals surface area contributed by atoms with Gasteiger partial charge in [0.25, 0.3) is 0 Å². The fourth-order valence-corrected chi connectivity index (χ4v) is 4.28. The molecule has 0 spiro atoms. The molecule has 1 aromatic rings. The van der Waals surface area contributed by atoms with Crippen LogP contribution >= 0.6 is 11.8 Å². The summed E-state index contributed by atoms with van der Waals surface area (Å²) < 4.78 is 0. The minimum absolute atomic E-state index is 0.702. The van der Waals surface area contributed by atoms with Gasteiger partial charge in [0.05, 0.1) is 0 Å². The number of rotatable bonds is 5. The molecule has 0 bridgehead atoms. The lowest BCUT2D eigenvalue weighted by Gasteiger charge is -2.26. The Kier molecular flexibility index (Phi) is 6.25. The normalized spacial score (nSPS) is 24.1. The Labute approximate surface area is 122 Å². The van der Waals surface area contributed by atoms with E-state index in [4.69, 9.17) is 0 Å². The number of nitrogens with one attached hydrogen (secondary N) is 1. The largest absolute Gasteiger partial charge is 0.313 e. The molecule has 106 valence electrons. The van der Waals surface area contributed by atoms with Crippen molar-refractivity contribution in [2.24, 2.45) is 0 Å². The molecule has 2 rings (SSSR count). The van der Waals surface area contributed by atoms with Crippen molar-refractivity contribution in [3.05, 3.63) is 29.8 Å². The van der Waals surface area contributed by atoms with E-state index < -0.39 is 0 Å². The maximum Gasteiger partial charge on any atom is 0.0248 e. The third kappa shape index (κ3) is 4.85. The highest BCUT2D eigenvalue weighted by atomic mass is 32.2. The van der Waals surface area contributed by atoms with Gasteiger partial charge < -0.3 is 5.32 Å². The van der Waals surface area contributed by atoms with Gasteiger partial charge in [0.15, 0.2) is 0 Å². The van der Waals surface area contributed by atoms with Gasteiger partial charge >= 0.3 is 0 Å². The second-order valence-electron chi connectivity index (χ2n) is 5.67. The minimum Gasteiger partial charge on any atom is -0.313 e. The van der Waals surface area contributed by atoms with Crippen LogP contribution in [0.1, 0.15) is 51.0 Å². The molecule has 0 aliphatic heterocycles. The molecule has 2 atom stereocenters. The Morgan fingerprint density at radius 1 is 1.21 bits per heavy atom. The Hall–Kier alpha value is -0.470. The summed E-state index contributed by atoms with van der Waals surface area (Å²) in [7, 11) is 0. The SMILES string of the molecule is CCCNC1CCCCCC1Sc1cccc(C)c1. The fraction of sp³-hybridized carbons (Fsp3) is 0.647. The van der Waals surface area contributed by atoms with Crippen molar-refractivity contribution in [3.63, 3.8) is 0 Å². The summed E-state index contributed by atoms with van der Waals surface area (Å²) in [6.45, 7) is 5.60. The maximum absolute atomic E-state index is 3.78. The molecule has 2 unspecified atom stereocenters. The summed E-state index contributed by atoms with van der Waals surface area (Å²) in [4.78, 5) is 1.44. The van der Waals surface area contributed by atoms with Crippen molar-refractivity contribution >= 4 is 11.8 Å². The first-order valence-electron chi connectivity index (χ1n) is 7.76. The van der Waals surface area contributed by atoms with Crippen LogP contribution in [0.15, 0.2) is 29.2 Å². The molecule has 2 heteroatoms. The maximum atomic E-state index is 3.78. The van der Waals surface area contributed by atoms with Crippen molar-refractivity contribution in [2.75, 3.05) is 6.54 Å². The lowest BCUT2D eigenvalue weighted by Crippen LogP contribution is -2.37. The first kappa shape index (κ1) is 14.9. The van der Waals surface area contributed by atoms with Crippen LogP contribution in [-0.2, 0) is 0 Å². The quantitative estimate of drug-likeness (QED) is 0.777. The monoisotopic (exact) mass is 277 g/mol. The zero-order chi connectivity index (χ0) is 13.5. The lowest BCUT2D eigenvalue weighted by molar-refractivity contribution is 0.470. The summed E-state index contributed by atoms with van der Waals surface area (Å²) in [5, 5.41) is 4.52. The van der Waals surface area contributed by atoms with E-state index in [1.165, 1.54) is 49.0 Å². The van der Waals surface area contributed by atoms with Crippen LogP contribution in [0.2, 0.25) is 0 Å². The topological polar surface area (TPSA) is 12.0 Å². The summed E-state index contributed by atoms with van der Waals surface area (Å²) in [6.07, 6.45) is 8.15. The Morgan fingerprint density at radius 3 is 2.84 bits per heavy atom. The smallest absolute Gasteiger partial charge is 0.0248 e. The van der Waals surface area contributed by atoms with E-state index in [1.807, 2.05) is 0 Å². The summed E-state index contributed by atoms with van der Waals surface area (Å²) in [5.74, 6) is 0. The molecule has 0 saturated heterocycles. The highest BCUT2D eigenvalue weighted by molar-refractivity contribution is 8.00. The highest BCUT2D eigenvalue weighted by Gasteiger charge is 2.23. The number of benzene rings is 1. The van der Waals surface area contributed by atoms with E-state index >= 15 is 0 Å². The van der Waals surface area contributed by atoms with Gasteiger partial charge in [-0.25, -0.2) is 0 Å². The van der Waals surface area contributed by atoms with E-state index in [2.05, 4.69) is 55.2 Å². The third-order valence-electron chi connectivity index (χ3n) is 3.89. The molecule has 1 N–H and O–H groups in total. The van der Waals surface area contributed by atoms with Crippen LogP contribution in [0.4, 0.5) is 0 Å². The van der Waals surface area contributed by atoms with Crippen LogP contribution < -0.4 is 5.32 Å². The Bertz CT molecular complexity index is 377. The van der Waals surface area contributed by atoms with Gasteiger partial charge in [0.1, 0.15) is 0 Å². The number of aryl methyl sites for hydroxylation is 1. The van der Waals surface area contributed by atoms with E-state index in [1.54, 1.807) is 0 Å². The van der Waals surface area contributed by atoms with Crippen LogP contribution in [0.5, 0.6) is 0 Å². The predicted molar refractivity (Wildman–Crippen MR) is 86.0 cm³/mol. The molecule has 1 saturated carbocycles. The van der Waals surface area contributed by atoms with Gasteiger partial charge in [0.2, 0.25) is 0 Å². The summed E-state index contributed by atoms with van der Waals surface area (Å²) >= 11 is 2.09. The predicted octanol–water partition coefficient (Wildman–Crippen LogP) is 4.79. The lowest BCUT2D eigenvalue weighted by atomic mass is 10.1. The van der Waals surface area contributed by atoms with Crippen molar-refractivity contribution in [2.45, 2.75) is 68.6 Å². The van der Waals surface area contributed by atoms with Crippen molar-refractivity contribution in [1.82, 2.24) is 5.32 Å². The van der Waals surface area contributed by atoms with Crippen LogP contribution in [0, 0.1) is 6.92 Å². The molecule has 1 aliphatic carbocycles. The first-order chi connectivity index (χ1) is 9.29. The molecular weight excluding hydrogens is 250 g/mol. The van der Waals surface area contributed by atoms with Crippen molar-refractivity contribution < 1.29 is 0 Å². The molecule has 19 heavy (non-hydrogen) atoms. The average Bonchev–Trinajstić information content (AvgIpc) is 2.62. The van der Waals surface area contributed by atoms with E-state index in [0.717, 1.165) is 11.8 Å². The van der Waals surface area contributed by atoms with Gasteiger partial charge in [-0.15, -0.1) is 11.8 Å². The van der Waals surface area contributed by atoms with Gasteiger partial charge in [-0.05, 0) is 44.9 Å². The molecule has 1 aromatic carbocycles. The van der Waals surface area contributed by atoms with Crippen LogP contribution in [-0.4, -0.2) is 17.8 Å². The summed E-state index contributed by atoms with van der Waals surface area (Å²) in [5.41, 5.74) is 1.37. The van der Waals surface area contributed by atoms with Crippen LogP contribution in [0.3, 0.4) is 0 Å². The number of hydrogen-bond acceptors (Lipinski definition) is 2. The van der Waals surface area contributed by atoms with E-state index in [9.17, 15) is 0 Å². The standard InChI is InChI=1S/C17H27NS/c1-3-12-18-16-10-5-4-6-11-17(16)19-15-9-7-8-14(2)13-15/h7-9,13,16-18H,3-6,10-12H2,1-2H3. The van der Waals surface area contributed by atoms with Crippen LogP contribution in [0.25, 0.3) is 0 Å². The molecule has 1 fully saturated rings. The number of hydrogen-bond donors (Lipinski definition) is 1. The minimum atomic E-state index is 0.702. The summed E-state index contributed by atoms with van der Waals surface area (Å²) in [6, 6.07) is 9.66. The zero-order valence-corrected chi connectivity index (χ0v) is 13.1. The van der Waals surface area contributed by atoms with Gasteiger partial charge in [-0.3, -0.25) is 0 Å². The fourth-order valence-electron chi connectivity index (χ4n) is 2.84. The van der Waals surface area contributed by atoms with Crippen molar-refractivity contribution in [1.29, 1.82) is 0 Å². The Morgan fingerprint density at radius 2 is 2.05 bits per heavy atom. The Balaban J connectivity index is 2.00. The van der Waals surface area contributed by atoms with E-state index in [0.29, 0.717) is 6.04 Å². The molecule has 1 nitrogen and oxygen atoms in total. The highest BCUT2D eigenvalue weighted by Crippen LogP contribution is 2.33. The van der Waals surface area contributed by atoms with Gasteiger partial charge in [0, 0.05) is 16.2 Å². The van der Waals surface area contributed by atoms with Crippen molar-refractivity contribution in [3.8, 4) is 0 Å². The van der Waals surface area contributed by atoms with Gasteiger partial charge in [-0.1, -0.05) is 43.9 Å². The first-order valence-corrected chi connectivity index (χ1v) is 8.64. The van der Waals surface area contributed by atoms with E-state index in [-0.39, 0.29) is 0 Å². The molecule has 0 heterocycles. The molecule has 0 aromatic heterocycles. The number of thioether (sulfide) groups is 1.